The molecule has 0 bridgehead atoms. The number of hydrogen-bond donors (Lipinski definition) is 3. The van der Waals surface area contributed by atoms with Crippen LogP contribution in [0.15, 0.2) is 63.8 Å². The van der Waals surface area contributed by atoms with Gasteiger partial charge in [-0.15, -0.1) is 5.11 Å². The Bertz CT molecular complexity index is 928. The molecule has 0 aliphatic heterocycles. The van der Waals surface area contributed by atoms with E-state index in [1.165, 1.54) is 12.1 Å². The molecule has 0 atom stereocenters. The summed E-state index contributed by atoms with van der Waals surface area (Å²) in [5, 5.41) is 22.0. The lowest BCUT2D eigenvalue weighted by molar-refractivity contribution is 0.0697. The Hall–Kier alpha value is -3.55. The fraction of sp³-hybridized carbons (Fsp3) is 0. The summed E-state index contributed by atoms with van der Waals surface area (Å²) < 4.78 is 0. The number of nitrogens with one attached hydrogen (secondary N) is 2. The molecule has 0 radical (unpaired) electrons. The predicted octanol–water partition coefficient (Wildman–Crippen LogP) is 2.88. The number of aromatic nitrogens is 3. The smallest absolute Gasteiger partial charge is 0.335 e. The maximum Gasteiger partial charge on any atom is 0.335 e. The zero-order valence-electron chi connectivity index (χ0n) is 11.7. The summed E-state index contributed by atoms with van der Waals surface area (Å²) in [5.41, 5.74) is 1.24. The van der Waals surface area contributed by atoms with Gasteiger partial charge in [0.2, 0.25) is 0 Å². The molecule has 8 nitrogen and oxygen atoms in total. The topological polar surface area (TPSA) is 124 Å². The minimum Gasteiger partial charge on any atom is -0.478 e. The van der Waals surface area contributed by atoms with Crippen LogP contribution in [-0.4, -0.2) is 26.3 Å². The van der Waals surface area contributed by atoms with Crippen LogP contribution in [0.5, 0.6) is 0 Å². The number of pyridine rings is 1. The number of H-pyrrole nitrogens is 2. The van der Waals surface area contributed by atoms with Crippen molar-refractivity contribution in [3.63, 3.8) is 0 Å². The minimum absolute atomic E-state index is 0.0944. The molecule has 114 valence electrons. The van der Waals surface area contributed by atoms with E-state index in [1.54, 1.807) is 36.7 Å². The molecule has 0 fully saturated rings. The second kappa shape index (κ2) is 6.06. The lowest BCUT2D eigenvalue weighted by Gasteiger charge is -1.98. The molecule has 0 saturated carbocycles. The van der Waals surface area contributed by atoms with Gasteiger partial charge in [0.15, 0.2) is 5.69 Å². The molecule has 3 rings (SSSR count). The van der Waals surface area contributed by atoms with E-state index in [2.05, 4.69) is 25.4 Å². The predicted molar refractivity (Wildman–Crippen MR) is 82.2 cm³/mol. The Labute approximate surface area is 129 Å². The molecule has 23 heavy (non-hydrogen) atoms. The van der Waals surface area contributed by atoms with E-state index >= 15 is 0 Å². The summed E-state index contributed by atoms with van der Waals surface area (Å²) in [6.07, 6.45) is 3.20. The van der Waals surface area contributed by atoms with Gasteiger partial charge in [-0.1, -0.05) is 6.07 Å². The highest BCUT2D eigenvalue weighted by molar-refractivity contribution is 5.88. The van der Waals surface area contributed by atoms with Crippen LogP contribution in [0, 0.1) is 0 Å². The van der Waals surface area contributed by atoms with Crippen molar-refractivity contribution in [1.29, 1.82) is 0 Å². The molecule has 0 aliphatic rings. The van der Waals surface area contributed by atoms with Gasteiger partial charge in [0, 0.05) is 18.0 Å². The number of azo groups is 1. The van der Waals surface area contributed by atoms with Crippen molar-refractivity contribution in [2.45, 2.75) is 0 Å². The SMILES string of the molecule is O=C(O)c1cccc(N=Nc2c(-c3cccnc3)[nH][nH]c2=O)c1. The van der Waals surface area contributed by atoms with Gasteiger partial charge in [0.05, 0.1) is 16.9 Å². The molecule has 2 heterocycles. The number of aromatic carboxylic acids is 1. The minimum atomic E-state index is -1.06. The number of benzene rings is 1. The van der Waals surface area contributed by atoms with Crippen molar-refractivity contribution in [3.05, 3.63) is 64.7 Å². The van der Waals surface area contributed by atoms with Gasteiger partial charge in [-0.2, -0.15) is 5.11 Å². The van der Waals surface area contributed by atoms with Crippen molar-refractivity contribution in [3.8, 4) is 11.3 Å². The summed E-state index contributed by atoms with van der Waals surface area (Å²) in [5.74, 6) is -1.06. The Morgan fingerprint density at radius 3 is 2.74 bits per heavy atom. The third-order valence-electron chi connectivity index (χ3n) is 3.06. The van der Waals surface area contributed by atoms with E-state index in [0.29, 0.717) is 16.9 Å². The van der Waals surface area contributed by atoms with Gasteiger partial charge in [-0.3, -0.25) is 20.0 Å². The van der Waals surface area contributed by atoms with Crippen LogP contribution >= 0.6 is 0 Å². The van der Waals surface area contributed by atoms with E-state index in [1.807, 2.05) is 0 Å². The quantitative estimate of drug-likeness (QED) is 0.641. The van der Waals surface area contributed by atoms with Gasteiger partial charge < -0.3 is 5.11 Å². The van der Waals surface area contributed by atoms with Crippen molar-refractivity contribution >= 4 is 17.3 Å². The molecule has 0 saturated heterocycles. The van der Waals surface area contributed by atoms with Gasteiger partial charge in [0.25, 0.3) is 5.56 Å². The lowest BCUT2D eigenvalue weighted by atomic mass is 10.2. The first kappa shape index (κ1) is 14.4. The fourth-order valence-corrected chi connectivity index (χ4v) is 1.98. The van der Waals surface area contributed by atoms with Crippen molar-refractivity contribution in [2.24, 2.45) is 10.2 Å². The van der Waals surface area contributed by atoms with Crippen molar-refractivity contribution in [1.82, 2.24) is 15.2 Å². The third kappa shape index (κ3) is 3.05. The Balaban J connectivity index is 1.98. The first-order chi connectivity index (χ1) is 11.1. The van der Waals surface area contributed by atoms with E-state index in [0.717, 1.165) is 0 Å². The third-order valence-corrected chi connectivity index (χ3v) is 3.06. The second-order valence-electron chi connectivity index (χ2n) is 4.60. The lowest BCUT2D eigenvalue weighted by Crippen LogP contribution is -1.96. The van der Waals surface area contributed by atoms with Crippen LogP contribution in [0.1, 0.15) is 10.4 Å². The number of carbonyl (C=O) groups is 1. The molecule has 2 aromatic heterocycles. The average Bonchev–Trinajstić information content (AvgIpc) is 2.95. The molecular formula is C15H11N5O3. The summed E-state index contributed by atoms with van der Waals surface area (Å²) in [6, 6.07) is 9.48. The Morgan fingerprint density at radius 2 is 2.00 bits per heavy atom. The number of carboxylic acid groups (broad SMARTS) is 1. The summed E-state index contributed by atoms with van der Waals surface area (Å²) in [7, 11) is 0. The highest BCUT2D eigenvalue weighted by Crippen LogP contribution is 2.25. The molecule has 3 N–H and O–H groups in total. The summed E-state index contributed by atoms with van der Waals surface area (Å²) in [6.45, 7) is 0. The van der Waals surface area contributed by atoms with Crippen molar-refractivity contribution < 1.29 is 9.90 Å². The first-order valence-electron chi connectivity index (χ1n) is 6.61. The van der Waals surface area contributed by atoms with Gasteiger partial charge in [-0.05, 0) is 30.3 Å². The van der Waals surface area contributed by atoms with Gasteiger partial charge in [0.1, 0.15) is 0 Å². The molecular weight excluding hydrogens is 298 g/mol. The second-order valence-corrected chi connectivity index (χ2v) is 4.60. The highest BCUT2D eigenvalue weighted by atomic mass is 16.4. The summed E-state index contributed by atoms with van der Waals surface area (Å²) >= 11 is 0. The number of aromatic amines is 2. The molecule has 0 unspecified atom stereocenters. The largest absolute Gasteiger partial charge is 0.478 e. The van der Waals surface area contributed by atoms with Crippen LogP contribution in [0.4, 0.5) is 11.4 Å². The van der Waals surface area contributed by atoms with E-state index in [4.69, 9.17) is 5.11 Å². The molecule has 0 aliphatic carbocycles. The first-order valence-corrected chi connectivity index (χ1v) is 6.61. The molecule has 3 aromatic rings. The summed E-state index contributed by atoms with van der Waals surface area (Å²) in [4.78, 5) is 26.8. The van der Waals surface area contributed by atoms with Crippen LogP contribution in [0.2, 0.25) is 0 Å². The maximum absolute atomic E-state index is 11.9. The van der Waals surface area contributed by atoms with Gasteiger partial charge in [-0.25, -0.2) is 4.79 Å². The number of rotatable bonds is 4. The molecule has 1 aromatic carbocycles. The fourth-order valence-electron chi connectivity index (χ4n) is 1.98. The zero-order chi connectivity index (χ0) is 16.2. The highest BCUT2D eigenvalue weighted by Gasteiger charge is 2.11. The van der Waals surface area contributed by atoms with Crippen LogP contribution in [0.25, 0.3) is 11.3 Å². The zero-order valence-corrected chi connectivity index (χ0v) is 11.7. The number of carboxylic acids is 1. The average molecular weight is 309 g/mol. The molecule has 0 spiro atoms. The van der Waals surface area contributed by atoms with Crippen LogP contribution < -0.4 is 5.56 Å². The van der Waals surface area contributed by atoms with E-state index in [9.17, 15) is 9.59 Å². The Morgan fingerprint density at radius 1 is 1.13 bits per heavy atom. The normalized spacial score (nSPS) is 11.0. The monoisotopic (exact) mass is 309 g/mol. The van der Waals surface area contributed by atoms with Gasteiger partial charge >= 0.3 is 5.97 Å². The number of hydrogen-bond acceptors (Lipinski definition) is 5. The molecule has 8 heteroatoms. The standard InChI is InChI=1S/C15H11N5O3/c21-14-13(12(18-20-14)10-4-2-6-16-8-10)19-17-11-5-1-3-9(7-11)15(22)23/h1-8H,(H,22,23)(H2,18,20,21). The van der Waals surface area contributed by atoms with E-state index in [-0.39, 0.29) is 11.3 Å². The molecule has 0 amide bonds. The van der Waals surface area contributed by atoms with Crippen LogP contribution in [-0.2, 0) is 0 Å². The Kier molecular flexibility index (Phi) is 3.79. The van der Waals surface area contributed by atoms with Crippen LogP contribution in [0.3, 0.4) is 0 Å². The number of nitrogens with zero attached hydrogens (tertiary/aromatic N) is 3. The van der Waals surface area contributed by atoms with Crippen molar-refractivity contribution in [2.75, 3.05) is 0 Å². The van der Waals surface area contributed by atoms with E-state index < -0.39 is 11.5 Å². The maximum atomic E-state index is 11.9.